The number of hydrogen-bond acceptors (Lipinski definition) is 3. The highest BCUT2D eigenvalue weighted by atomic mass is 16.5. The Morgan fingerprint density at radius 1 is 1.16 bits per heavy atom. The minimum Gasteiger partial charge on any atom is -0.383 e. The Bertz CT molecular complexity index is 909. The molecule has 1 aromatic heterocycles. The van der Waals surface area contributed by atoms with Crippen LogP contribution in [0.3, 0.4) is 0 Å². The first-order valence-corrected chi connectivity index (χ1v) is 12.1. The van der Waals surface area contributed by atoms with Gasteiger partial charge in [0.2, 0.25) is 0 Å². The number of rotatable bonds is 7. The van der Waals surface area contributed by atoms with Crippen molar-refractivity contribution in [3.63, 3.8) is 0 Å². The van der Waals surface area contributed by atoms with E-state index in [1.807, 2.05) is 11.0 Å². The van der Waals surface area contributed by atoms with Gasteiger partial charge >= 0.3 is 0 Å². The topological polar surface area (TPSA) is 37.7 Å². The van der Waals surface area contributed by atoms with E-state index in [9.17, 15) is 4.79 Å². The molecule has 170 valence electrons. The fourth-order valence-corrected chi connectivity index (χ4v) is 5.10. The average molecular weight is 426 g/mol. The summed E-state index contributed by atoms with van der Waals surface area (Å²) >= 11 is 0. The maximum Gasteiger partial charge on any atom is 0.253 e. The van der Waals surface area contributed by atoms with Crippen LogP contribution < -0.4 is 0 Å². The highest BCUT2D eigenvalue weighted by Gasteiger charge is 2.26. The molecule has 2 aromatic rings. The number of likely N-dealkylation sites (tertiary alicyclic amines) is 1. The third-order valence-corrected chi connectivity index (χ3v) is 7.19. The van der Waals surface area contributed by atoms with Crippen molar-refractivity contribution in [3.05, 3.63) is 35.0 Å². The van der Waals surface area contributed by atoms with Crippen LogP contribution in [-0.4, -0.2) is 60.2 Å². The molecule has 1 aromatic carbocycles. The van der Waals surface area contributed by atoms with Crippen LogP contribution in [-0.2, 0) is 24.2 Å². The average Bonchev–Trinajstić information content (AvgIpc) is 3.08. The predicted octanol–water partition coefficient (Wildman–Crippen LogP) is 4.56. The van der Waals surface area contributed by atoms with Crippen molar-refractivity contribution in [2.75, 3.05) is 39.9 Å². The van der Waals surface area contributed by atoms with E-state index >= 15 is 0 Å². The van der Waals surface area contributed by atoms with E-state index in [4.69, 9.17) is 4.74 Å². The van der Waals surface area contributed by atoms with Crippen LogP contribution in [0.5, 0.6) is 0 Å². The lowest BCUT2D eigenvalue weighted by molar-refractivity contribution is 0.0697. The first-order chi connectivity index (χ1) is 15.0. The third-order valence-electron chi connectivity index (χ3n) is 7.19. The van der Waals surface area contributed by atoms with E-state index in [1.54, 1.807) is 7.11 Å². The number of nitrogens with zero attached hydrogens (tertiary/aromatic N) is 3. The largest absolute Gasteiger partial charge is 0.383 e. The molecule has 5 heteroatoms. The molecule has 1 fully saturated rings. The van der Waals surface area contributed by atoms with Gasteiger partial charge in [-0.2, -0.15) is 0 Å². The zero-order valence-electron chi connectivity index (χ0n) is 19.8. The molecule has 1 saturated heterocycles. The Kier molecular flexibility index (Phi) is 7.02. The van der Waals surface area contributed by atoms with Crippen molar-refractivity contribution in [1.82, 2.24) is 14.4 Å². The molecule has 0 N–H and O–H groups in total. The van der Waals surface area contributed by atoms with Crippen molar-refractivity contribution in [1.29, 1.82) is 0 Å². The normalized spacial score (nSPS) is 18.2. The maximum atomic E-state index is 13.2. The molecule has 3 heterocycles. The Balaban J connectivity index is 1.65. The van der Waals surface area contributed by atoms with Crippen LogP contribution in [0.1, 0.15) is 61.6 Å². The second-order valence-corrected chi connectivity index (χ2v) is 9.99. The number of hydrogen-bond donors (Lipinski definition) is 0. The summed E-state index contributed by atoms with van der Waals surface area (Å²) in [7, 11) is 1.77. The van der Waals surface area contributed by atoms with Crippen molar-refractivity contribution in [2.45, 2.75) is 59.5 Å². The summed E-state index contributed by atoms with van der Waals surface area (Å²) < 4.78 is 7.83. The van der Waals surface area contributed by atoms with Crippen molar-refractivity contribution >= 4 is 16.8 Å². The molecule has 0 radical (unpaired) electrons. The van der Waals surface area contributed by atoms with E-state index < -0.39 is 0 Å². The monoisotopic (exact) mass is 425 g/mol. The zero-order chi connectivity index (χ0) is 22.0. The standard InChI is InChI=1S/C26H39N3O2/c1-19(2)7-11-27-12-10-25-23(18-27)22-17-21(5-6-24(22)29(25)15-16-31-4)26(30)28-13-8-20(3)9-14-28/h5-6,17,19-20H,7-16,18H2,1-4H3. The minimum atomic E-state index is 0.194. The number of methoxy groups -OCH3 is 1. The fraction of sp³-hybridized carbons (Fsp3) is 0.654. The van der Waals surface area contributed by atoms with Crippen LogP contribution in [0.2, 0.25) is 0 Å². The third kappa shape index (κ3) is 4.83. The first-order valence-electron chi connectivity index (χ1n) is 12.1. The van der Waals surface area contributed by atoms with E-state index in [1.165, 1.54) is 28.6 Å². The molecule has 2 aliphatic heterocycles. The molecule has 5 nitrogen and oxygen atoms in total. The lowest BCUT2D eigenvalue weighted by Crippen LogP contribution is -2.37. The van der Waals surface area contributed by atoms with E-state index in [-0.39, 0.29) is 5.91 Å². The molecule has 0 saturated carbocycles. The number of piperidine rings is 1. The second-order valence-electron chi connectivity index (χ2n) is 9.99. The number of aromatic nitrogens is 1. The molecule has 4 rings (SSSR count). The van der Waals surface area contributed by atoms with Gasteiger partial charge in [-0.3, -0.25) is 9.69 Å². The SMILES string of the molecule is COCCn1c2c(c3cc(C(=O)N4CCC(C)CC4)ccc31)CN(CCC(C)C)CC2. The van der Waals surface area contributed by atoms with Crippen LogP contribution in [0, 0.1) is 11.8 Å². The molecular weight excluding hydrogens is 386 g/mol. The Morgan fingerprint density at radius 2 is 1.94 bits per heavy atom. The lowest BCUT2D eigenvalue weighted by Gasteiger charge is -2.30. The predicted molar refractivity (Wildman–Crippen MR) is 127 cm³/mol. The van der Waals surface area contributed by atoms with Crippen molar-refractivity contribution in [3.8, 4) is 0 Å². The Labute approximate surface area is 187 Å². The van der Waals surface area contributed by atoms with Gasteiger partial charge in [-0.1, -0.05) is 20.8 Å². The first kappa shape index (κ1) is 22.3. The highest BCUT2D eigenvalue weighted by molar-refractivity contribution is 5.99. The molecule has 0 atom stereocenters. The van der Waals surface area contributed by atoms with Crippen LogP contribution in [0.25, 0.3) is 10.9 Å². The molecule has 0 unspecified atom stereocenters. The van der Waals surface area contributed by atoms with Gasteiger partial charge in [-0.15, -0.1) is 0 Å². The zero-order valence-corrected chi connectivity index (χ0v) is 19.8. The van der Waals surface area contributed by atoms with E-state index in [2.05, 4.69) is 42.4 Å². The smallest absolute Gasteiger partial charge is 0.253 e. The molecular formula is C26H39N3O2. The molecule has 0 bridgehead atoms. The highest BCUT2D eigenvalue weighted by Crippen LogP contribution is 2.32. The number of ether oxygens (including phenoxy) is 1. The summed E-state index contributed by atoms with van der Waals surface area (Å²) in [5.41, 5.74) is 4.94. The fourth-order valence-electron chi connectivity index (χ4n) is 5.10. The number of amides is 1. The van der Waals surface area contributed by atoms with Crippen LogP contribution >= 0.6 is 0 Å². The summed E-state index contributed by atoms with van der Waals surface area (Å²) in [6, 6.07) is 6.37. The summed E-state index contributed by atoms with van der Waals surface area (Å²) in [4.78, 5) is 17.9. The van der Waals surface area contributed by atoms with Crippen molar-refractivity contribution < 1.29 is 9.53 Å². The van der Waals surface area contributed by atoms with Gasteiger partial charge in [-0.05, 0) is 61.4 Å². The molecule has 0 aliphatic carbocycles. The van der Waals surface area contributed by atoms with Gasteiger partial charge in [0.25, 0.3) is 5.91 Å². The lowest BCUT2D eigenvalue weighted by atomic mass is 9.98. The Morgan fingerprint density at radius 3 is 2.65 bits per heavy atom. The molecule has 2 aliphatic rings. The second kappa shape index (κ2) is 9.74. The minimum absolute atomic E-state index is 0.194. The van der Waals surface area contributed by atoms with Crippen LogP contribution in [0.4, 0.5) is 0 Å². The van der Waals surface area contributed by atoms with E-state index in [0.717, 1.165) is 75.9 Å². The van der Waals surface area contributed by atoms with Gasteiger partial charge in [0.15, 0.2) is 0 Å². The van der Waals surface area contributed by atoms with Gasteiger partial charge in [0.1, 0.15) is 0 Å². The maximum absolute atomic E-state index is 13.2. The van der Waals surface area contributed by atoms with Gasteiger partial charge in [0, 0.05) is 68.4 Å². The Hall–Kier alpha value is -1.85. The number of carbonyl (C=O) groups is 1. The van der Waals surface area contributed by atoms with Gasteiger partial charge in [-0.25, -0.2) is 0 Å². The molecule has 0 spiro atoms. The summed E-state index contributed by atoms with van der Waals surface area (Å²) in [5.74, 6) is 1.64. The number of fused-ring (bicyclic) bond motifs is 3. The number of carbonyl (C=O) groups excluding carboxylic acids is 1. The van der Waals surface area contributed by atoms with E-state index in [0.29, 0.717) is 6.61 Å². The molecule has 1 amide bonds. The molecule has 31 heavy (non-hydrogen) atoms. The number of benzene rings is 1. The van der Waals surface area contributed by atoms with Gasteiger partial charge < -0.3 is 14.2 Å². The van der Waals surface area contributed by atoms with Gasteiger partial charge in [0.05, 0.1) is 6.61 Å². The van der Waals surface area contributed by atoms with Crippen molar-refractivity contribution in [2.24, 2.45) is 11.8 Å². The summed E-state index contributed by atoms with van der Waals surface area (Å²) in [5, 5.41) is 1.26. The summed E-state index contributed by atoms with van der Waals surface area (Å²) in [6.07, 6.45) is 4.52. The van der Waals surface area contributed by atoms with Crippen LogP contribution in [0.15, 0.2) is 18.2 Å². The summed E-state index contributed by atoms with van der Waals surface area (Å²) in [6.45, 7) is 13.5. The quantitative estimate of drug-likeness (QED) is 0.652.